The Morgan fingerprint density at radius 3 is 2.71 bits per heavy atom. The van der Waals surface area contributed by atoms with E-state index in [0.29, 0.717) is 0 Å². The van der Waals surface area contributed by atoms with Gasteiger partial charge in [-0.3, -0.25) is 2.78 Å². The first-order valence-electron chi connectivity index (χ1n) is 1.96. The molecule has 1 aromatic rings. The van der Waals surface area contributed by atoms with Gasteiger partial charge in [-0.05, 0) is 6.92 Å². The van der Waals surface area contributed by atoms with E-state index in [1.54, 1.807) is 6.33 Å². The van der Waals surface area contributed by atoms with E-state index < -0.39 is 0 Å². The lowest BCUT2D eigenvalue weighted by Crippen LogP contribution is -1.74. The molecule has 0 aromatic carbocycles. The van der Waals surface area contributed by atoms with Gasteiger partial charge in [0.05, 0.1) is 22.9 Å². The molecule has 7 heavy (non-hydrogen) atoms. The maximum atomic E-state index is 3.88. The minimum absolute atomic E-state index is 1.18. The second kappa shape index (κ2) is 1.81. The Labute approximate surface area is 56.1 Å². The molecule has 0 fully saturated rings. The molecule has 1 aromatic heterocycles. The zero-order valence-corrected chi connectivity index (χ0v) is 6.08. The van der Waals surface area contributed by atoms with Gasteiger partial charge in [0.25, 0.3) is 0 Å². The van der Waals surface area contributed by atoms with Crippen molar-refractivity contribution in [1.29, 1.82) is 0 Å². The molecule has 3 heteroatoms. The van der Waals surface area contributed by atoms with Crippen molar-refractivity contribution in [3.63, 3.8) is 0 Å². The minimum Gasteiger partial charge on any atom is -0.276 e. The van der Waals surface area contributed by atoms with Crippen LogP contribution in [0.4, 0.5) is 0 Å². The molecular formula is C4H5IN2. The molecule has 0 radical (unpaired) electrons. The van der Waals surface area contributed by atoms with E-state index in [1.165, 1.54) is 5.69 Å². The van der Waals surface area contributed by atoms with Crippen LogP contribution in [0.1, 0.15) is 5.69 Å². The summed E-state index contributed by atoms with van der Waals surface area (Å²) in [5, 5.41) is 0. The van der Waals surface area contributed by atoms with Crippen molar-refractivity contribution in [2.75, 3.05) is 0 Å². The first-order chi connectivity index (χ1) is 3.30. The number of aromatic nitrogens is 2. The highest BCUT2D eigenvalue weighted by atomic mass is 127. The van der Waals surface area contributed by atoms with Gasteiger partial charge in [0.1, 0.15) is 6.33 Å². The van der Waals surface area contributed by atoms with E-state index in [2.05, 4.69) is 27.8 Å². The van der Waals surface area contributed by atoms with E-state index in [9.17, 15) is 0 Å². The highest BCUT2D eigenvalue weighted by Crippen LogP contribution is 1.98. The van der Waals surface area contributed by atoms with Crippen LogP contribution in [-0.4, -0.2) is 7.76 Å². The first kappa shape index (κ1) is 5.08. The summed E-state index contributed by atoms with van der Waals surface area (Å²) in [6, 6.07) is 0. The van der Waals surface area contributed by atoms with Crippen molar-refractivity contribution in [3.05, 3.63) is 18.2 Å². The summed E-state index contributed by atoms with van der Waals surface area (Å²) >= 11 is 2.17. The fourth-order valence-corrected chi connectivity index (χ4v) is 0.614. The molecule has 2 nitrogen and oxygen atoms in total. The predicted octanol–water partition coefficient (Wildman–Crippen LogP) is 1.39. The molecule has 0 spiro atoms. The van der Waals surface area contributed by atoms with Crippen molar-refractivity contribution in [2.24, 2.45) is 0 Å². The first-order valence-corrected chi connectivity index (χ1v) is 2.92. The van der Waals surface area contributed by atoms with Gasteiger partial charge in [-0.15, -0.1) is 0 Å². The van der Waals surface area contributed by atoms with Gasteiger partial charge >= 0.3 is 0 Å². The molecule has 38 valence electrons. The molecular weight excluding hydrogens is 203 g/mol. The molecule has 0 aliphatic heterocycles. The van der Waals surface area contributed by atoms with E-state index in [1.807, 2.05) is 15.9 Å². The summed E-state index contributed by atoms with van der Waals surface area (Å²) in [5.74, 6) is 0. The van der Waals surface area contributed by atoms with Crippen molar-refractivity contribution in [3.8, 4) is 0 Å². The summed E-state index contributed by atoms with van der Waals surface area (Å²) in [5.41, 5.74) is 1.18. The molecule has 0 atom stereocenters. The Balaban J connectivity index is 3.12. The Morgan fingerprint density at radius 2 is 2.57 bits per heavy atom. The zero-order valence-electron chi connectivity index (χ0n) is 3.93. The van der Waals surface area contributed by atoms with Gasteiger partial charge in [-0.25, -0.2) is 4.98 Å². The Bertz CT molecular complexity index is 142. The van der Waals surface area contributed by atoms with Gasteiger partial charge < -0.3 is 0 Å². The molecule has 0 aliphatic rings. The van der Waals surface area contributed by atoms with E-state index in [-0.39, 0.29) is 0 Å². The predicted molar refractivity (Wildman–Crippen MR) is 36.4 cm³/mol. The normalized spacial score (nSPS) is 9.43. The van der Waals surface area contributed by atoms with Crippen molar-refractivity contribution < 1.29 is 0 Å². The summed E-state index contributed by atoms with van der Waals surface area (Å²) in [6.07, 6.45) is 3.60. The van der Waals surface area contributed by atoms with Crippen LogP contribution >= 0.6 is 22.9 Å². The number of halogens is 1. The fraction of sp³-hybridized carbons (Fsp3) is 0.250. The third kappa shape index (κ3) is 0.933. The van der Waals surface area contributed by atoms with Crippen LogP contribution in [0, 0.1) is 6.92 Å². The topological polar surface area (TPSA) is 17.8 Å². The van der Waals surface area contributed by atoms with Crippen LogP contribution in [0.3, 0.4) is 0 Å². The minimum atomic E-state index is 1.18. The molecule has 0 saturated carbocycles. The third-order valence-corrected chi connectivity index (χ3v) is 1.78. The number of rotatable bonds is 0. The highest BCUT2D eigenvalue weighted by Gasteiger charge is 1.85. The quantitative estimate of drug-likeness (QED) is 0.589. The average molecular weight is 208 g/mol. The monoisotopic (exact) mass is 208 g/mol. The van der Waals surface area contributed by atoms with Crippen molar-refractivity contribution in [2.45, 2.75) is 6.92 Å². The standard InChI is InChI=1S/C4H5IN2/c1-4-2-6-3-7(4)5/h2-3H,1H3. The van der Waals surface area contributed by atoms with E-state index in [4.69, 9.17) is 0 Å². The van der Waals surface area contributed by atoms with Crippen molar-refractivity contribution >= 4 is 22.9 Å². The molecule has 0 amide bonds. The Hall–Kier alpha value is -0.0600. The lowest BCUT2D eigenvalue weighted by atomic mass is 10.6. The molecule has 1 rings (SSSR count). The molecule has 0 N–H and O–H groups in total. The number of imidazole rings is 1. The number of hydrogen-bond donors (Lipinski definition) is 0. The van der Waals surface area contributed by atoms with Gasteiger partial charge in [0.2, 0.25) is 0 Å². The zero-order chi connectivity index (χ0) is 5.28. The van der Waals surface area contributed by atoms with Crippen LogP contribution in [0.5, 0.6) is 0 Å². The molecule has 0 bridgehead atoms. The number of hydrogen-bond acceptors (Lipinski definition) is 1. The highest BCUT2D eigenvalue weighted by molar-refractivity contribution is 14.1. The van der Waals surface area contributed by atoms with Gasteiger partial charge in [0.15, 0.2) is 0 Å². The number of nitrogens with zero attached hydrogens (tertiary/aromatic N) is 2. The van der Waals surface area contributed by atoms with Crippen LogP contribution in [-0.2, 0) is 0 Å². The fourth-order valence-electron chi connectivity index (χ4n) is 0.346. The molecule has 0 unspecified atom stereocenters. The lowest BCUT2D eigenvalue weighted by Gasteiger charge is -1.83. The second-order valence-corrected chi connectivity index (χ2v) is 2.39. The van der Waals surface area contributed by atoms with Crippen LogP contribution in [0.2, 0.25) is 0 Å². The smallest absolute Gasteiger partial charge is 0.104 e. The van der Waals surface area contributed by atoms with E-state index in [0.717, 1.165) is 0 Å². The summed E-state index contributed by atoms with van der Waals surface area (Å²) in [4.78, 5) is 3.88. The summed E-state index contributed by atoms with van der Waals surface area (Å²) < 4.78 is 1.94. The average Bonchev–Trinajstić information content (AvgIpc) is 1.91. The second-order valence-electron chi connectivity index (χ2n) is 1.35. The van der Waals surface area contributed by atoms with Gasteiger partial charge in [-0.1, -0.05) is 0 Å². The lowest BCUT2D eigenvalue weighted by molar-refractivity contribution is 1.22. The third-order valence-electron chi connectivity index (χ3n) is 0.766. The SMILES string of the molecule is Cc1cncn1I. The van der Waals surface area contributed by atoms with Gasteiger partial charge in [-0.2, -0.15) is 0 Å². The maximum Gasteiger partial charge on any atom is 0.104 e. The Kier molecular flexibility index (Phi) is 1.32. The summed E-state index contributed by atoms with van der Waals surface area (Å²) in [7, 11) is 0. The van der Waals surface area contributed by atoms with Crippen LogP contribution < -0.4 is 0 Å². The van der Waals surface area contributed by atoms with E-state index >= 15 is 0 Å². The van der Waals surface area contributed by atoms with Crippen LogP contribution in [0.15, 0.2) is 12.5 Å². The van der Waals surface area contributed by atoms with Gasteiger partial charge in [0, 0.05) is 11.9 Å². The maximum absolute atomic E-state index is 3.88. The molecule has 0 saturated heterocycles. The summed E-state index contributed by atoms with van der Waals surface area (Å²) in [6.45, 7) is 2.01. The van der Waals surface area contributed by atoms with Crippen molar-refractivity contribution in [1.82, 2.24) is 7.76 Å². The Morgan fingerprint density at radius 1 is 1.86 bits per heavy atom. The van der Waals surface area contributed by atoms with Crippen LogP contribution in [0.25, 0.3) is 0 Å². The largest absolute Gasteiger partial charge is 0.276 e. The molecule has 0 aliphatic carbocycles. The number of aryl methyl sites for hydroxylation is 1. The molecule has 1 heterocycles.